The van der Waals surface area contributed by atoms with E-state index in [1.165, 1.54) is 6.20 Å². The highest BCUT2D eigenvalue weighted by atomic mass is 35.5. The Bertz CT molecular complexity index is 1990. The third-order valence-corrected chi connectivity index (χ3v) is 7.78. The number of likely N-dealkylation sites (tertiary alicyclic amines) is 1. The zero-order chi connectivity index (χ0) is 39.8. The maximum Gasteiger partial charge on any atom is 0.490 e. The van der Waals surface area contributed by atoms with E-state index in [0.29, 0.717) is 54.2 Å². The molecule has 5 heterocycles. The molecular formula is C32H29ClF6N8O7. The Morgan fingerprint density at radius 1 is 0.963 bits per heavy atom. The second kappa shape index (κ2) is 17.2. The molecular weight excluding hydrogens is 758 g/mol. The Morgan fingerprint density at radius 3 is 2.28 bits per heavy atom. The van der Waals surface area contributed by atoms with Gasteiger partial charge in [0.25, 0.3) is 5.91 Å². The Morgan fingerprint density at radius 2 is 1.65 bits per heavy atom. The number of halogens is 7. The molecule has 6 rings (SSSR count). The Kier molecular flexibility index (Phi) is 13.0. The summed E-state index contributed by atoms with van der Waals surface area (Å²) in [5.74, 6) is -4.25. The molecule has 4 aromatic rings. The van der Waals surface area contributed by atoms with Crippen molar-refractivity contribution in [1.82, 2.24) is 25.0 Å². The number of rotatable bonds is 4. The fraction of sp³-hybridized carbons (Fsp3) is 0.312. The van der Waals surface area contributed by atoms with E-state index < -0.39 is 24.3 Å². The molecule has 0 radical (unpaired) electrons. The zero-order valence-electron chi connectivity index (χ0n) is 27.8. The average molecular weight is 787 g/mol. The summed E-state index contributed by atoms with van der Waals surface area (Å²) in [5.41, 5.74) is 4.60. The van der Waals surface area contributed by atoms with Gasteiger partial charge >= 0.3 is 24.3 Å². The third kappa shape index (κ3) is 11.8. The Hall–Kier alpha value is -5.99. The highest BCUT2D eigenvalue weighted by molar-refractivity contribution is 6.32. The van der Waals surface area contributed by atoms with Crippen molar-refractivity contribution in [1.29, 1.82) is 0 Å². The first-order valence-corrected chi connectivity index (χ1v) is 15.9. The number of carboxylic acids is 2. The van der Waals surface area contributed by atoms with Gasteiger partial charge in [0, 0.05) is 43.1 Å². The first-order chi connectivity index (χ1) is 25.3. The van der Waals surface area contributed by atoms with Gasteiger partial charge in [-0.1, -0.05) is 16.8 Å². The molecule has 54 heavy (non-hydrogen) atoms. The minimum Gasteiger partial charge on any atom is -0.475 e. The molecule has 22 heteroatoms. The Balaban J connectivity index is 0.000000396. The van der Waals surface area contributed by atoms with Gasteiger partial charge in [0.2, 0.25) is 11.9 Å². The number of anilines is 5. The molecule has 1 atom stereocenters. The second-order valence-electron chi connectivity index (χ2n) is 11.7. The van der Waals surface area contributed by atoms with E-state index in [9.17, 15) is 35.9 Å². The molecule has 0 saturated carbocycles. The molecule has 2 aliphatic rings. The van der Waals surface area contributed by atoms with Crippen molar-refractivity contribution >= 4 is 64.2 Å². The van der Waals surface area contributed by atoms with Gasteiger partial charge in [-0.2, -0.15) is 31.3 Å². The molecule has 2 aliphatic heterocycles. The van der Waals surface area contributed by atoms with Gasteiger partial charge in [-0.25, -0.2) is 14.6 Å². The number of pyridine rings is 1. The van der Waals surface area contributed by atoms with Crippen LogP contribution in [0.3, 0.4) is 0 Å². The number of carboxylic acid groups (broad SMARTS) is 2. The monoisotopic (exact) mass is 786 g/mol. The summed E-state index contributed by atoms with van der Waals surface area (Å²) in [6, 6.07) is 9.39. The molecule has 0 unspecified atom stereocenters. The van der Waals surface area contributed by atoms with Crippen LogP contribution in [0.5, 0.6) is 0 Å². The highest BCUT2D eigenvalue weighted by Gasteiger charge is 2.39. The van der Waals surface area contributed by atoms with Gasteiger partial charge in [-0.05, 0) is 67.5 Å². The molecule has 288 valence electrons. The van der Waals surface area contributed by atoms with Gasteiger partial charge in [-0.3, -0.25) is 14.6 Å². The highest BCUT2D eigenvalue weighted by Crippen LogP contribution is 2.30. The number of aromatic nitrogens is 4. The quantitative estimate of drug-likeness (QED) is 0.147. The van der Waals surface area contributed by atoms with Crippen molar-refractivity contribution in [3.63, 3.8) is 0 Å². The van der Waals surface area contributed by atoms with E-state index in [4.69, 9.17) is 35.9 Å². The summed E-state index contributed by atoms with van der Waals surface area (Å²) in [6.07, 6.45) is -2.62. The molecule has 2 amide bonds. The fourth-order valence-electron chi connectivity index (χ4n) is 5.03. The normalized spacial score (nSPS) is 14.9. The fourth-order valence-corrected chi connectivity index (χ4v) is 5.17. The van der Waals surface area contributed by atoms with Crippen molar-refractivity contribution in [3.05, 3.63) is 76.5 Å². The minimum atomic E-state index is -5.08. The van der Waals surface area contributed by atoms with Gasteiger partial charge < -0.3 is 35.6 Å². The summed E-state index contributed by atoms with van der Waals surface area (Å²) in [6.45, 7) is 2.84. The van der Waals surface area contributed by atoms with E-state index in [1.54, 1.807) is 24.1 Å². The van der Waals surface area contributed by atoms with E-state index in [-0.39, 0.29) is 17.7 Å². The van der Waals surface area contributed by atoms with E-state index in [2.05, 4.69) is 36.1 Å². The Labute approximate surface area is 305 Å². The zero-order valence-corrected chi connectivity index (χ0v) is 28.5. The molecule has 15 nitrogen and oxygen atoms in total. The lowest BCUT2D eigenvalue weighted by Crippen LogP contribution is -2.29. The smallest absolute Gasteiger partial charge is 0.475 e. The standard InChI is InChI=1S/C28H27ClN8O3.2C2HF3O2/c1-16-8-24(36-40-16)27(39)37-7-6-18(15-37)10-25(38)34-23-5-4-20-11-19(23)3-2-17-9-21(13-30-12-17)33-28-31-14-22(29)26(32-20)35-28;2*3-2(4,5)1(6)7/h4-5,8-9,11-14,18H,2-3,6-7,10,15H2,1H3,(H,34,38)(H2,31,32,33,35);2*(H,6,7)/t18-;;/m0../s1. The van der Waals surface area contributed by atoms with Crippen molar-refractivity contribution in [2.24, 2.45) is 5.92 Å². The van der Waals surface area contributed by atoms with Crippen LogP contribution in [0.2, 0.25) is 5.02 Å². The predicted octanol–water partition coefficient (Wildman–Crippen LogP) is 6.16. The number of carbonyl (C=O) groups is 4. The van der Waals surface area contributed by atoms with Gasteiger partial charge in [0.05, 0.1) is 18.1 Å². The molecule has 1 fully saturated rings. The number of carbonyl (C=O) groups excluding carboxylic acids is 2. The van der Waals surface area contributed by atoms with Gasteiger partial charge in [-0.15, -0.1) is 0 Å². The first kappa shape index (κ1) is 40.8. The predicted molar refractivity (Wildman–Crippen MR) is 178 cm³/mol. The number of aliphatic carboxylic acids is 2. The van der Waals surface area contributed by atoms with Crippen LogP contribution in [0.15, 0.2) is 53.4 Å². The lowest BCUT2D eigenvalue weighted by molar-refractivity contribution is -0.193. The number of amides is 2. The van der Waals surface area contributed by atoms with Crippen molar-refractivity contribution < 1.29 is 60.3 Å². The van der Waals surface area contributed by atoms with Crippen LogP contribution < -0.4 is 16.0 Å². The number of hydrogen-bond donors (Lipinski definition) is 5. The third-order valence-electron chi connectivity index (χ3n) is 7.50. The average Bonchev–Trinajstić information content (AvgIpc) is 3.74. The lowest BCUT2D eigenvalue weighted by Gasteiger charge is -2.16. The molecule has 3 aromatic heterocycles. The van der Waals surface area contributed by atoms with Crippen LogP contribution in [-0.2, 0) is 27.2 Å². The summed E-state index contributed by atoms with van der Waals surface area (Å²) >= 11 is 6.36. The molecule has 5 N–H and O–H groups in total. The summed E-state index contributed by atoms with van der Waals surface area (Å²) in [7, 11) is 0. The van der Waals surface area contributed by atoms with Crippen LogP contribution in [0.4, 0.5) is 55.2 Å². The van der Waals surface area contributed by atoms with Crippen LogP contribution in [0.25, 0.3) is 0 Å². The number of benzene rings is 1. The van der Waals surface area contributed by atoms with E-state index >= 15 is 0 Å². The number of nitrogens with zero attached hydrogens (tertiary/aromatic N) is 5. The van der Waals surface area contributed by atoms with Crippen molar-refractivity contribution in [2.75, 3.05) is 29.0 Å². The van der Waals surface area contributed by atoms with Crippen LogP contribution in [0.1, 0.15) is 40.2 Å². The summed E-state index contributed by atoms with van der Waals surface area (Å²) < 4.78 is 68.5. The van der Waals surface area contributed by atoms with Crippen LogP contribution in [0, 0.1) is 12.8 Å². The maximum absolute atomic E-state index is 13.1. The van der Waals surface area contributed by atoms with Crippen LogP contribution >= 0.6 is 11.6 Å². The van der Waals surface area contributed by atoms with Crippen molar-refractivity contribution in [3.8, 4) is 0 Å². The second-order valence-corrected chi connectivity index (χ2v) is 12.1. The number of fused-ring (bicyclic) bond motifs is 6. The van der Waals surface area contributed by atoms with Crippen LogP contribution in [-0.4, -0.2) is 84.4 Å². The largest absolute Gasteiger partial charge is 0.490 e. The molecule has 0 spiro atoms. The SMILES string of the molecule is Cc1cc(C(=O)N2CC[C@@H](CC(=O)Nc3ccc4cc3CCc3cncc(c3)Nc3ncc(Cl)c(n3)N4)C2)no1.O=C(O)C(F)(F)F.O=C(O)C(F)(F)F. The van der Waals surface area contributed by atoms with Crippen molar-refractivity contribution in [2.45, 2.75) is 45.0 Å². The number of hydrogen-bond acceptors (Lipinski definition) is 11. The minimum absolute atomic E-state index is 0.0679. The number of aryl methyl sites for hydroxylation is 3. The molecule has 6 bridgehead atoms. The molecule has 0 aliphatic carbocycles. The lowest BCUT2D eigenvalue weighted by atomic mass is 10.0. The van der Waals surface area contributed by atoms with Gasteiger partial charge in [0.15, 0.2) is 11.5 Å². The summed E-state index contributed by atoms with van der Waals surface area (Å²) in [4.78, 5) is 58.4. The topological polar surface area (TPSA) is 213 Å². The number of alkyl halides is 6. The maximum atomic E-state index is 13.1. The molecule has 1 saturated heterocycles. The van der Waals surface area contributed by atoms with E-state index in [1.807, 2.05) is 30.5 Å². The molecule has 1 aromatic carbocycles. The summed E-state index contributed by atoms with van der Waals surface area (Å²) in [5, 5.41) is 28.0. The first-order valence-electron chi connectivity index (χ1n) is 15.5. The van der Waals surface area contributed by atoms with E-state index in [0.717, 1.165) is 41.0 Å². The van der Waals surface area contributed by atoms with Gasteiger partial charge in [0.1, 0.15) is 10.8 Å². The number of nitrogens with one attached hydrogen (secondary N) is 3.